The lowest BCUT2D eigenvalue weighted by Gasteiger charge is -2.22. The number of benzene rings is 2. The lowest BCUT2D eigenvalue weighted by atomic mass is 10.1. The van der Waals surface area contributed by atoms with Crippen LogP contribution in [0.4, 0.5) is 22.2 Å². The van der Waals surface area contributed by atoms with E-state index in [2.05, 4.69) is 65.2 Å². The van der Waals surface area contributed by atoms with Crippen molar-refractivity contribution in [2.75, 3.05) is 35.7 Å². The topological polar surface area (TPSA) is 52.2 Å². The van der Waals surface area contributed by atoms with Crippen LogP contribution in [0.1, 0.15) is 19.4 Å². The maximum atomic E-state index is 6.11. The zero-order valence-electron chi connectivity index (χ0n) is 18.1. The van der Waals surface area contributed by atoms with Gasteiger partial charge in [-0.25, -0.2) is 4.98 Å². The van der Waals surface area contributed by atoms with Crippen molar-refractivity contribution in [2.24, 2.45) is 0 Å². The Morgan fingerprint density at radius 3 is 2.35 bits per heavy atom. The number of nitrogens with one attached hydrogen (secondary N) is 3. The van der Waals surface area contributed by atoms with Crippen LogP contribution >= 0.6 is 34.5 Å². The molecule has 1 aromatic heterocycles. The summed E-state index contributed by atoms with van der Waals surface area (Å²) in [6, 6.07) is 14.4. The van der Waals surface area contributed by atoms with Gasteiger partial charge in [-0.05, 0) is 56.7 Å². The summed E-state index contributed by atoms with van der Waals surface area (Å²) in [4.78, 5) is 7.09. The van der Waals surface area contributed by atoms with Crippen LogP contribution in [-0.2, 0) is 0 Å². The maximum absolute atomic E-state index is 6.11. The zero-order valence-corrected chi connectivity index (χ0v) is 20.4. The van der Waals surface area contributed by atoms with Gasteiger partial charge in [0.05, 0.1) is 5.69 Å². The third kappa shape index (κ3) is 5.85. The first-order valence-electron chi connectivity index (χ1n) is 10.1. The van der Waals surface area contributed by atoms with Crippen LogP contribution in [-0.4, -0.2) is 25.1 Å². The minimum atomic E-state index is 0.347. The Hall–Kier alpha value is -2.41. The molecule has 1 heterocycles. The van der Waals surface area contributed by atoms with E-state index in [0.29, 0.717) is 10.3 Å². The molecule has 3 rings (SSSR count). The third-order valence-corrected chi connectivity index (χ3v) is 6.45. The van der Waals surface area contributed by atoms with Crippen molar-refractivity contribution in [3.8, 4) is 11.3 Å². The van der Waals surface area contributed by atoms with Gasteiger partial charge < -0.3 is 20.9 Å². The second kappa shape index (κ2) is 10.8. The molecule has 0 bridgehead atoms. The molecular formula is C23H27Cl2N5S. The fourth-order valence-electron chi connectivity index (χ4n) is 3.17. The number of anilines is 4. The fraction of sp³-hybridized carbons (Fsp3) is 0.261. The van der Waals surface area contributed by atoms with Crippen LogP contribution in [0.5, 0.6) is 0 Å². The summed E-state index contributed by atoms with van der Waals surface area (Å²) in [5, 5.41) is 12.9. The minimum absolute atomic E-state index is 0.347. The van der Waals surface area contributed by atoms with E-state index in [1.54, 1.807) is 18.4 Å². The molecule has 2 aromatic carbocycles. The number of halogens is 2. The molecule has 8 heteroatoms. The van der Waals surface area contributed by atoms with Gasteiger partial charge in [0.1, 0.15) is 10.3 Å². The lowest BCUT2D eigenvalue weighted by molar-refractivity contribution is 0.866. The molecule has 164 valence electrons. The Morgan fingerprint density at radius 1 is 1.03 bits per heavy atom. The largest absolute Gasteiger partial charge is 0.376 e. The maximum Gasteiger partial charge on any atom is 0.187 e. The van der Waals surface area contributed by atoms with Gasteiger partial charge in [-0.1, -0.05) is 35.3 Å². The molecular weight excluding hydrogens is 449 g/mol. The van der Waals surface area contributed by atoms with E-state index in [9.17, 15) is 0 Å². The van der Waals surface area contributed by atoms with Crippen molar-refractivity contribution >= 4 is 56.7 Å². The van der Waals surface area contributed by atoms with Crippen LogP contribution in [0.15, 0.2) is 58.2 Å². The standard InChI is InChI=1S/C23H27Cl2N5S/c1-5-30(6-2)18-11-12-19(15(3)13-18)28-23-29-20(14-31-23)16-7-9-17(10-8-16)27-22(25)21(24)26-4/h7-14,26-27H,5-6H2,1-4H3,(H,28,29)/b22-21-. The molecule has 0 radical (unpaired) electrons. The predicted molar refractivity (Wildman–Crippen MR) is 137 cm³/mol. The molecule has 0 amide bonds. The smallest absolute Gasteiger partial charge is 0.187 e. The summed E-state index contributed by atoms with van der Waals surface area (Å²) in [5.41, 5.74) is 6.31. The molecule has 0 aliphatic carbocycles. The van der Waals surface area contributed by atoms with Crippen LogP contribution < -0.4 is 20.9 Å². The van der Waals surface area contributed by atoms with Crippen molar-refractivity contribution < 1.29 is 0 Å². The van der Waals surface area contributed by atoms with E-state index in [4.69, 9.17) is 28.2 Å². The SMILES string of the molecule is CCN(CC)c1ccc(Nc2nc(-c3ccc(N/C(Cl)=C(/Cl)NC)cc3)cs2)c(C)c1. The molecule has 0 saturated carbocycles. The Balaban J connectivity index is 1.71. The lowest BCUT2D eigenvalue weighted by Crippen LogP contribution is -2.21. The highest BCUT2D eigenvalue weighted by Gasteiger charge is 2.09. The quantitative estimate of drug-likeness (QED) is 0.292. The first kappa shape index (κ1) is 23.3. The van der Waals surface area contributed by atoms with Gasteiger partial charge in [-0.2, -0.15) is 0 Å². The van der Waals surface area contributed by atoms with Gasteiger partial charge >= 0.3 is 0 Å². The van der Waals surface area contributed by atoms with Crippen LogP contribution in [0, 0.1) is 6.92 Å². The van der Waals surface area contributed by atoms with Crippen molar-refractivity contribution in [1.29, 1.82) is 0 Å². The van der Waals surface area contributed by atoms with E-state index >= 15 is 0 Å². The second-order valence-electron chi connectivity index (χ2n) is 6.91. The number of nitrogens with zero attached hydrogens (tertiary/aromatic N) is 2. The van der Waals surface area contributed by atoms with Crippen LogP contribution in [0.25, 0.3) is 11.3 Å². The Bertz CT molecular complexity index is 1040. The summed E-state index contributed by atoms with van der Waals surface area (Å²) in [5.74, 6) is 0. The first-order chi connectivity index (χ1) is 14.9. The highest BCUT2D eigenvalue weighted by atomic mass is 35.5. The summed E-state index contributed by atoms with van der Waals surface area (Å²) < 4.78 is 0. The average Bonchev–Trinajstić information content (AvgIpc) is 3.25. The van der Waals surface area contributed by atoms with Crippen LogP contribution in [0.3, 0.4) is 0 Å². The molecule has 0 aliphatic heterocycles. The van der Waals surface area contributed by atoms with Gasteiger partial charge in [0, 0.05) is 48.1 Å². The number of rotatable bonds is 9. The Labute approximate surface area is 198 Å². The number of aromatic nitrogens is 1. The molecule has 0 unspecified atom stereocenters. The molecule has 3 N–H and O–H groups in total. The second-order valence-corrected chi connectivity index (χ2v) is 8.53. The summed E-state index contributed by atoms with van der Waals surface area (Å²) >= 11 is 13.7. The van der Waals surface area contributed by atoms with Crippen molar-refractivity contribution in [3.63, 3.8) is 0 Å². The number of hydrogen-bond acceptors (Lipinski definition) is 6. The molecule has 0 atom stereocenters. The van der Waals surface area contributed by atoms with Gasteiger partial charge in [-0.3, -0.25) is 0 Å². The molecule has 3 aromatic rings. The molecule has 0 aliphatic rings. The van der Waals surface area contributed by atoms with Gasteiger partial charge in [0.2, 0.25) is 0 Å². The molecule has 0 spiro atoms. The van der Waals surface area contributed by atoms with Gasteiger partial charge in [0.25, 0.3) is 0 Å². The summed E-state index contributed by atoms with van der Waals surface area (Å²) in [6.07, 6.45) is 0. The van der Waals surface area contributed by atoms with Crippen LogP contribution in [0.2, 0.25) is 0 Å². The zero-order chi connectivity index (χ0) is 22.4. The minimum Gasteiger partial charge on any atom is -0.376 e. The Morgan fingerprint density at radius 2 is 1.74 bits per heavy atom. The monoisotopic (exact) mass is 475 g/mol. The number of thiazole rings is 1. The molecule has 0 saturated heterocycles. The van der Waals surface area contributed by atoms with E-state index in [1.807, 2.05) is 24.3 Å². The number of hydrogen-bond donors (Lipinski definition) is 3. The average molecular weight is 476 g/mol. The summed E-state index contributed by atoms with van der Waals surface area (Å²) in [7, 11) is 1.71. The van der Waals surface area contributed by atoms with E-state index in [1.165, 1.54) is 11.3 Å². The highest BCUT2D eigenvalue weighted by Crippen LogP contribution is 2.30. The predicted octanol–water partition coefficient (Wildman–Crippen LogP) is 6.94. The number of aryl methyl sites for hydroxylation is 1. The van der Waals surface area contributed by atoms with E-state index in [-0.39, 0.29) is 0 Å². The first-order valence-corrected chi connectivity index (χ1v) is 11.8. The molecule has 5 nitrogen and oxygen atoms in total. The fourth-order valence-corrected chi connectivity index (χ4v) is 4.15. The Kier molecular flexibility index (Phi) is 8.07. The molecule has 0 fully saturated rings. The summed E-state index contributed by atoms with van der Waals surface area (Å²) in [6.45, 7) is 8.46. The van der Waals surface area contributed by atoms with Crippen molar-refractivity contribution in [3.05, 3.63) is 63.7 Å². The van der Waals surface area contributed by atoms with Gasteiger partial charge in [-0.15, -0.1) is 11.3 Å². The third-order valence-electron chi connectivity index (χ3n) is 4.93. The van der Waals surface area contributed by atoms with Gasteiger partial charge in [0.15, 0.2) is 5.13 Å². The van der Waals surface area contributed by atoms with Crippen molar-refractivity contribution in [1.82, 2.24) is 10.3 Å². The normalized spacial score (nSPS) is 11.7. The van der Waals surface area contributed by atoms with E-state index in [0.717, 1.165) is 40.9 Å². The molecule has 31 heavy (non-hydrogen) atoms. The van der Waals surface area contributed by atoms with E-state index < -0.39 is 0 Å². The van der Waals surface area contributed by atoms with Crippen molar-refractivity contribution in [2.45, 2.75) is 20.8 Å². The highest BCUT2D eigenvalue weighted by molar-refractivity contribution is 7.14.